The second kappa shape index (κ2) is 5.80. The Morgan fingerprint density at radius 2 is 2.41 bits per heavy atom. The van der Waals surface area contributed by atoms with Crippen LogP contribution in [0.25, 0.3) is 0 Å². The van der Waals surface area contributed by atoms with Gasteiger partial charge in [0.05, 0.1) is 12.1 Å². The highest BCUT2D eigenvalue weighted by Gasteiger charge is 2.28. The standard InChI is InChI=1S/C13H17ClFNO/c1-2-16-13(12-4-3-7-17-12)10-8-9(15)5-6-11(10)14/h5-6,8,12-13,16H,2-4,7H2,1H3. The van der Waals surface area contributed by atoms with Crippen molar-refractivity contribution in [3.63, 3.8) is 0 Å². The maximum Gasteiger partial charge on any atom is 0.123 e. The predicted octanol–water partition coefficient (Wildman–Crippen LogP) is 3.31. The van der Waals surface area contributed by atoms with Crippen molar-refractivity contribution in [3.05, 3.63) is 34.6 Å². The molecule has 1 aliphatic rings. The van der Waals surface area contributed by atoms with E-state index in [1.807, 2.05) is 6.92 Å². The Labute approximate surface area is 106 Å². The summed E-state index contributed by atoms with van der Waals surface area (Å²) in [6.07, 6.45) is 2.14. The van der Waals surface area contributed by atoms with Gasteiger partial charge in [-0.2, -0.15) is 0 Å². The van der Waals surface area contributed by atoms with E-state index in [1.54, 1.807) is 6.07 Å². The molecule has 1 aliphatic heterocycles. The van der Waals surface area contributed by atoms with Gasteiger partial charge in [-0.15, -0.1) is 0 Å². The van der Waals surface area contributed by atoms with E-state index in [0.717, 1.165) is 31.6 Å². The van der Waals surface area contributed by atoms with Gasteiger partial charge in [-0.3, -0.25) is 0 Å². The van der Waals surface area contributed by atoms with Gasteiger partial charge in [-0.25, -0.2) is 4.39 Å². The van der Waals surface area contributed by atoms with Gasteiger partial charge in [0.2, 0.25) is 0 Å². The van der Waals surface area contributed by atoms with Crippen LogP contribution in [0.4, 0.5) is 4.39 Å². The number of rotatable bonds is 4. The van der Waals surface area contributed by atoms with Gasteiger partial charge in [0.25, 0.3) is 0 Å². The summed E-state index contributed by atoms with van der Waals surface area (Å²) in [5.41, 5.74) is 0.792. The molecule has 1 heterocycles. The van der Waals surface area contributed by atoms with Crippen LogP contribution in [0.1, 0.15) is 31.4 Å². The largest absolute Gasteiger partial charge is 0.376 e. The van der Waals surface area contributed by atoms with E-state index in [1.165, 1.54) is 12.1 Å². The third-order valence-corrected chi connectivity index (χ3v) is 3.40. The Morgan fingerprint density at radius 3 is 3.06 bits per heavy atom. The molecule has 0 saturated carbocycles. The molecule has 0 spiro atoms. The van der Waals surface area contributed by atoms with Crippen LogP contribution in [-0.4, -0.2) is 19.3 Å². The van der Waals surface area contributed by atoms with Crippen LogP contribution in [0.3, 0.4) is 0 Å². The third-order valence-electron chi connectivity index (χ3n) is 3.05. The molecular weight excluding hydrogens is 241 g/mol. The number of halogens is 2. The first kappa shape index (κ1) is 12.8. The molecule has 2 nitrogen and oxygen atoms in total. The van der Waals surface area contributed by atoms with E-state index in [4.69, 9.17) is 16.3 Å². The lowest BCUT2D eigenvalue weighted by molar-refractivity contribution is 0.0787. The van der Waals surface area contributed by atoms with E-state index >= 15 is 0 Å². The van der Waals surface area contributed by atoms with Gasteiger partial charge in [0.15, 0.2) is 0 Å². The minimum Gasteiger partial charge on any atom is -0.376 e. The van der Waals surface area contributed by atoms with Gasteiger partial charge >= 0.3 is 0 Å². The summed E-state index contributed by atoms with van der Waals surface area (Å²) in [5, 5.41) is 3.92. The van der Waals surface area contributed by atoms with Gasteiger partial charge in [-0.1, -0.05) is 18.5 Å². The number of likely N-dealkylation sites (N-methyl/N-ethyl adjacent to an activating group) is 1. The van der Waals surface area contributed by atoms with Crippen LogP contribution >= 0.6 is 11.6 Å². The van der Waals surface area contributed by atoms with Crippen molar-refractivity contribution in [1.82, 2.24) is 5.32 Å². The zero-order valence-corrected chi connectivity index (χ0v) is 10.6. The fourth-order valence-electron chi connectivity index (χ4n) is 2.28. The molecule has 1 aromatic rings. The highest BCUT2D eigenvalue weighted by molar-refractivity contribution is 6.31. The molecule has 2 atom stereocenters. The molecule has 0 radical (unpaired) electrons. The van der Waals surface area contributed by atoms with E-state index in [-0.39, 0.29) is 18.0 Å². The van der Waals surface area contributed by atoms with Crippen molar-refractivity contribution in [2.45, 2.75) is 31.9 Å². The Bertz CT molecular complexity index is 380. The second-order valence-corrected chi connectivity index (χ2v) is 4.66. The molecule has 1 aromatic carbocycles. The molecule has 2 rings (SSSR count). The number of ether oxygens (including phenoxy) is 1. The summed E-state index contributed by atoms with van der Waals surface area (Å²) in [6, 6.07) is 4.46. The normalized spacial score (nSPS) is 21.7. The molecule has 94 valence electrons. The predicted molar refractivity (Wildman–Crippen MR) is 66.8 cm³/mol. The minimum atomic E-state index is -0.259. The highest BCUT2D eigenvalue weighted by Crippen LogP contribution is 2.31. The SMILES string of the molecule is CCNC(c1cc(F)ccc1Cl)C1CCCO1. The first-order valence-electron chi connectivity index (χ1n) is 6.02. The topological polar surface area (TPSA) is 21.3 Å². The number of nitrogens with one attached hydrogen (secondary N) is 1. The van der Waals surface area contributed by atoms with Crippen molar-refractivity contribution >= 4 is 11.6 Å². The van der Waals surface area contributed by atoms with Gasteiger partial charge in [0, 0.05) is 11.6 Å². The van der Waals surface area contributed by atoms with Crippen molar-refractivity contribution in [2.75, 3.05) is 13.2 Å². The molecule has 2 unspecified atom stereocenters. The molecule has 0 bridgehead atoms. The van der Waals surface area contributed by atoms with Crippen LogP contribution in [0, 0.1) is 5.82 Å². The van der Waals surface area contributed by atoms with Crippen molar-refractivity contribution in [2.24, 2.45) is 0 Å². The molecule has 17 heavy (non-hydrogen) atoms. The third kappa shape index (κ3) is 2.97. The van der Waals surface area contributed by atoms with E-state index in [0.29, 0.717) is 5.02 Å². The summed E-state index contributed by atoms with van der Waals surface area (Å²) < 4.78 is 19.0. The van der Waals surface area contributed by atoms with Crippen molar-refractivity contribution < 1.29 is 9.13 Å². The number of hydrogen-bond acceptors (Lipinski definition) is 2. The lowest BCUT2D eigenvalue weighted by Crippen LogP contribution is -2.31. The van der Waals surface area contributed by atoms with Crippen LogP contribution < -0.4 is 5.32 Å². The molecule has 0 aromatic heterocycles. The molecule has 0 aliphatic carbocycles. The second-order valence-electron chi connectivity index (χ2n) is 4.25. The van der Waals surface area contributed by atoms with Crippen molar-refractivity contribution in [1.29, 1.82) is 0 Å². The zero-order valence-electron chi connectivity index (χ0n) is 9.88. The van der Waals surface area contributed by atoms with Crippen LogP contribution in [0.2, 0.25) is 5.02 Å². The number of hydrogen-bond donors (Lipinski definition) is 1. The smallest absolute Gasteiger partial charge is 0.123 e. The fourth-order valence-corrected chi connectivity index (χ4v) is 2.52. The molecule has 1 fully saturated rings. The summed E-state index contributed by atoms with van der Waals surface area (Å²) in [5.74, 6) is -0.259. The molecule has 4 heteroatoms. The summed E-state index contributed by atoms with van der Waals surface area (Å²) in [6.45, 7) is 3.60. The van der Waals surface area contributed by atoms with Gasteiger partial charge in [0.1, 0.15) is 5.82 Å². The first-order valence-corrected chi connectivity index (χ1v) is 6.40. The lowest BCUT2D eigenvalue weighted by Gasteiger charge is -2.25. The molecule has 0 amide bonds. The van der Waals surface area contributed by atoms with E-state index < -0.39 is 0 Å². The summed E-state index contributed by atoms with van der Waals surface area (Å²) >= 11 is 6.14. The van der Waals surface area contributed by atoms with Gasteiger partial charge in [-0.05, 0) is 43.1 Å². The highest BCUT2D eigenvalue weighted by atomic mass is 35.5. The monoisotopic (exact) mass is 257 g/mol. The Kier molecular flexibility index (Phi) is 4.37. The van der Waals surface area contributed by atoms with E-state index in [9.17, 15) is 4.39 Å². The maximum atomic E-state index is 13.3. The van der Waals surface area contributed by atoms with E-state index in [2.05, 4.69) is 5.32 Å². The number of benzene rings is 1. The van der Waals surface area contributed by atoms with Gasteiger partial charge < -0.3 is 10.1 Å². The summed E-state index contributed by atoms with van der Waals surface area (Å²) in [7, 11) is 0. The Balaban J connectivity index is 2.27. The summed E-state index contributed by atoms with van der Waals surface area (Å²) in [4.78, 5) is 0. The molecule has 1 N–H and O–H groups in total. The first-order chi connectivity index (χ1) is 8.22. The minimum absolute atomic E-state index is 0.0225. The average Bonchev–Trinajstić information content (AvgIpc) is 2.83. The Hall–Kier alpha value is -0.640. The quantitative estimate of drug-likeness (QED) is 0.894. The Morgan fingerprint density at radius 1 is 1.59 bits per heavy atom. The van der Waals surface area contributed by atoms with Crippen LogP contribution in [0.15, 0.2) is 18.2 Å². The fraction of sp³-hybridized carbons (Fsp3) is 0.538. The zero-order chi connectivity index (χ0) is 12.3. The lowest BCUT2D eigenvalue weighted by atomic mass is 9.99. The molecule has 1 saturated heterocycles. The van der Waals surface area contributed by atoms with Crippen LogP contribution in [0.5, 0.6) is 0 Å². The molecular formula is C13H17ClFNO. The van der Waals surface area contributed by atoms with Crippen molar-refractivity contribution in [3.8, 4) is 0 Å². The average molecular weight is 258 g/mol. The van der Waals surface area contributed by atoms with Crippen LogP contribution in [-0.2, 0) is 4.74 Å². The maximum absolute atomic E-state index is 13.3.